The Morgan fingerprint density at radius 3 is 1.20 bits per heavy atom. The molecule has 1 N–H and O–H groups in total. The smallest absolute Gasteiger partial charge is 0.160 e. The van der Waals surface area contributed by atoms with Gasteiger partial charge in [-0.15, -0.1) is 32.4 Å². The average molecular weight is 383 g/mol. The number of halogens is 5. The zero-order chi connectivity index (χ0) is 20.0. The van der Waals surface area contributed by atoms with E-state index < -0.39 is 58.0 Å². The first-order valence-corrected chi connectivity index (χ1v) is 6.62. The van der Waals surface area contributed by atoms with Crippen LogP contribution in [-0.4, -0.2) is 75.1 Å². The van der Waals surface area contributed by atoms with Crippen molar-refractivity contribution in [1.29, 1.82) is 0 Å². The van der Waals surface area contributed by atoms with Crippen LogP contribution in [0.5, 0.6) is 0 Å². The molecular formula is C9H18F5N7O4. The fraction of sp³-hybridized carbons (Fsp3) is 1.00. The van der Waals surface area contributed by atoms with Crippen molar-refractivity contribution in [3.8, 4) is 0 Å². The summed E-state index contributed by atoms with van der Waals surface area (Å²) < 4.78 is 62.1. The third-order valence-electron chi connectivity index (χ3n) is 3.37. The molecule has 1 fully saturated rings. The molecule has 0 amide bonds. The molecule has 148 valence electrons. The summed E-state index contributed by atoms with van der Waals surface area (Å²) in [7, 11) is 1.21. The van der Waals surface area contributed by atoms with Crippen molar-refractivity contribution in [3.05, 3.63) is 20.2 Å². The van der Waals surface area contributed by atoms with Gasteiger partial charge in [-0.2, -0.15) is 5.54 Å². The molecule has 0 aromatic carbocycles. The van der Waals surface area contributed by atoms with Crippen LogP contribution in [0.1, 0.15) is 13.8 Å². The Kier molecular flexibility index (Phi) is 8.13. The largest absolute Gasteiger partial charge is 0.235 e. The molecule has 0 saturated carbocycles. The maximum atomic E-state index is 13.0. The zero-order valence-corrected chi connectivity index (χ0v) is 13.5. The number of nitrogens with zero attached hydrogens (tertiary/aromatic N) is 6. The Hall–Kier alpha value is -2.07. The van der Waals surface area contributed by atoms with E-state index >= 15 is 0 Å². The molecule has 1 heterocycles. The predicted octanol–water partition coefficient (Wildman–Crippen LogP) is 0.737. The summed E-state index contributed by atoms with van der Waals surface area (Å²) in [6.07, 6.45) is 0. The van der Waals surface area contributed by atoms with E-state index in [9.17, 15) is 42.6 Å². The van der Waals surface area contributed by atoms with Gasteiger partial charge in [0.2, 0.25) is 0 Å². The van der Waals surface area contributed by atoms with Crippen LogP contribution in [-0.2, 0) is 0 Å². The number of hydrogen-bond acceptors (Lipinski definition) is 7. The van der Waals surface area contributed by atoms with Gasteiger partial charge in [-0.3, -0.25) is 0 Å². The van der Waals surface area contributed by atoms with Gasteiger partial charge in [0, 0.05) is 17.7 Å². The van der Waals surface area contributed by atoms with Gasteiger partial charge in [-0.25, -0.2) is 20.2 Å². The second-order valence-electron chi connectivity index (χ2n) is 5.77. The Morgan fingerprint density at radius 1 is 0.880 bits per heavy atom. The minimum Gasteiger partial charge on any atom is -0.235 e. The van der Waals surface area contributed by atoms with Crippen molar-refractivity contribution in [2.75, 3.05) is 33.2 Å². The van der Waals surface area contributed by atoms with Crippen LogP contribution in [0.3, 0.4) is 0 Å². The van der Waals surface area contributed by atoms with E-state index in [1.807, 2.05) is 0 Å². The third kappa shape index (κ3) is 6.05. The van der Waals surface area contributed by atoms with E-state index in [0.717, 1.165) is 13.8 Å². The van der Waals surface area contributed by atoms with Crippen molar-refractivity contribution in [3.63, 3.8) is 0 Å². The van der Waals surface area contributed by atoms with E-state index in [0.29, 0.717) is 0 Å². The maximum Gasteiger partial charge on any atom is 0.160 e. The van der Waals surface area contributed by atoms with Crippen LogP contribution < -0.4 is 5.54 Å². The van der Waals surface area contributed by atoms with Crippen molar-refractivity contribution >= 4 is 0 Å². The lowest BCUT2D eigenvalue weighted by molar-refractivity contribution is -0.681. The van der Waals surface area contributed by atoms with Gasteiger partial charge >= 0.3 is 0 Å². The van der Waals surface area contributed by atoms with Crippen LogP contribution >= 0.6 is 0 Å². The summed E-state index contributed by atoms with van der Waals surface area (Å²) >= 11 is 0. The molecule has 1 aliphatic rings. The molecule has 11 nitrogen and oxygen atoms in total. The maximum absolute atomic E-state index is 13.0. The molecule has 0 radical (unpaired) electrons. The highest BCUT2D eigenvalue weighted by Gasteiger charge is 2.52. The zero-order valence-electron chi connectivity index (χ0n) is 13.5. The Labute approximate surface area is 138 Å². The van der Waals surface area contributed by atoms with Crippen LogP contribution in [0.2, 0.25) is 0 Å². The van der Waals surface area contributed by atoms with Gasteiger partial charge in [0.25, 0.3) is 0 Å². The predicted molar refractivity (Wildman–Crippen MR) is 72.2 cm³/mol. The van der Waals surface area contributed by atoms with Gasteiger partial charge in [-0.1, -0.05) is 0 Å². The van der Waals surface area contributed by atoms with Gasteiger partial charge in [-0.05, 0) is 13.8 Å². The molecular weight excluding hydrogens is 365 g/mol. The monoisotopic (exact) mass is 383 g/mol. The fourth-order valence-electron chi connectivity index (χ4n) is 2.23. The average Bonchev–Trinajstić information content (AvgIpc) is 2.44. The molecule has 0 aromatic rings. The lowest BCUT2D eigenvalue weighted by atomic mass is 9.96. The van der Waals surface area contributed by atoms with E-state index in [-0.39, 0.29) is 10.0 Å². The van der Waals surface area contributed by atoms with Crippen LogP contribution in [0, 0.1) is 20.2 Å². The van der Waals surface area contributed by atoms with Gasteiger partial charge < -0.3 is 0 Å². The third-order valence-corrected chi connectivity index (χ3v) is 3.37. The van der Waals surface area contributed by atoms with E-state index in [1.54, 1.807) is 0 Å². The lowest BCUT2D eigenvalue weighted by Crippen LogP contribution is -2.66. The van der Waals surface area contributed by atoms with Crippen molar-refractivity contribution < 1.29 is 32.5 Å². The highest BCUT2D eigenvalue weighted by atomic mass is 19.4. The highest BCUT2D eigenvalue weighted by Crippen LogP contribution is 2.28. The number of hydrogen-bond donors (Lipinski definition) is 1. The summed E-state index contributed by atoms with van der Waals surface area (Å²) in [5, 5.41) is 17.3. The van der Waals surface area contributed by atoms with Gasteiger partial charge in [0.1, 0.15) is 37.3 Å². The molecule has 0 aliphatic carbocycles. The molecule has 1 rings (SSSR count). The quantitative estimate of drug-likeness (QED) is 0.325. The molecule has 25 heavy (non-hydrogen) atoms. The first-order chi connectivity index (χ1) is 11.3. The molecule has 1 saturated heterocycles. The Morgan fingerprint density at radius 2 is 1.08 bits per heavy atom. The van der Waals surface area contributed by atoms with Crippen molar-refractivity contribution in [2.45, 2.75) is 24.9 Å². The molecule has 0 unspecified atom stereocenters. The molecule has 1 aliphatic heterocycles. The minimum atomic E-state index is -2.28. The molecule has 0 bridgehead atoms. The molecule has 0 spiro atoms. The van der Waals surface area contributed by atoms with Crippen LogP contribution in [0.15, 0.2) is 0 Å². The topological polar surface area (TPSA) is 111 Å². The van der Waals surface area contributed by atoms with Crippen LogP contribution in [0.4, 0.5) is 22.4 Å². The first kappa shape index (κ1) is 22.9. The number of rotatable bonds is 4. The van der Waals surface area contributed by atoms with Crippen LogP contribution in [0.25, 0.3) is 0 Å². The Bertz CT molecular complexity index is 420. The number of hydrazine groups is 2. The van der Waals surface area contributed by atoms with Crippen molar-refractivity contribution in [1.82, 2.24) is 26.2 Å². The number of nitrogens with one attached hydrogen (secondary N) is 1. The molecule has 0 aromatic heterocycles. The standard InChI is InChI=1S/C8H14F4N6O4.CH4FN/c1-7(15(9)10)3-13(17(19)20)5-8(2,16(11)12)6-14(4-7)18(21)22;1-3-2/h3-6H2,1-2H3;3H,1H3. The lowest BCUT2D eigenvalue weighted by Gasteiger charge is -2.40. The summed E-state index contributed by atoms with van der Waals surface area (Å²) in [4.78, 5) is 21.8. The van der Waals surface area contributed by atoms with Gasteiger partial charge in [0.15, 0.2) is 10.1 Å². The van der Waals surface area contributed by atoms with Gasteiger partial charge in [0.05, 0.1) is 0 Å². The summed E-state index contributed by atoms with van der Waals surface area (Å²) in [6, 6.07) is 0. The Balaban J connectivity index is 0.00000178. The van der Waals surface area contributed by atoms with E-state index in [4.69, 9.17) is 0 Å². The molecule has 16 heteroatoms. The second-order valence-corrected chi connectivity index (χ2v) is 5.77. The normalized spacial score (nSPS) is 27.4. The minimum absolute atomic E-state index is 0.204. The number of nitro groups is 2. The highest BCUT2D eigenvalue weighted by molar-refractivity contribution is 4.93. The summed E-state index contributed by atoms with van der Waals surface area (Å²) in [5.41, 5.74) is -3.31. The van der Waals surface area contributed by atoms with E-state index in [1.165, 1.54) is 12.6 Å². The van der Waals surface area contributed by atoms with Crippen molar-refractivity contribution in [2.24, 2.45) is 0 Å². The first-order valence-electron chi connectivity index (χ1n) is 6.62. The molecule has 0 atom stereocenters. The summed E-state index contributed by atoms with van der Waals surface area (Å²) in [5.74, 6) is 0. The SMILES string of the molecule is CC1(N(F)F)CN([N+](=O)[O-])CC(C)(N(F)F)CN([N+](=O)[O-])C1.CNF. The summed E-state index contributed by atoms with van der Waals surface area (Å²) in [6.45, 7) is -2.15. The van der Waals surface area contributed by atoms with E-state index in [2.05, 4.69) is 0 Å². The fourth-order valence-corrected chi connectivity index (χ4v) is 2.23. The second kappa shape index (κ2) is 8.86.